The van der Waals surface area contributed by atoms with Gasteiger partial charge < -0.3 is 16.2 Å². The molecule has 0 saturated heterocycles. The number of nitrogens with one attached hydrogen (secondary N) is 1. The lowest BCUT2D eigenvalue weighted by Gasteiger charge is -2.17. The molecule has 0 bridgehead atoms. The fourth-order valence-electron chi connectivity index (χ4n) is 1.03. The Balaban J connectivity index is 4.47. The highest BCUT2D eigenvalue weighted by Crippen LogP contribution is 2.00. The van der Waals surface area contributed by atoms with Gasteiger partial charge in [-0.15, -0.1) is 16.5 Å². The number of carboxylic acid groups (broad SMARTS) is 1. The third kappa shape index (κ3) is 5.99. The van der Waals surface area contributed by atoms with Gasteiger partial charge in [-0.1, -0.05) is 0 Å². The molecule has 0 aromatic carbocycles. The van der Waals surface area contributed by atoms with E-state index >= 15 is 0 Å². The summed E-state index contributed by atoms with van der Waals surface area (Å²) in [6.07, 6.45) is -0.384. The molecular formula is C8H13ClN4O5. The lowest BCUT2D eigenvalue weighted by atomic mass is 10.1. The second-order valence-electron chi connectivity index (χ2n) is 3.24. The van der Waals surface area contributed by atoms with Crippen LogP contribution in [0.1, 0.15) is 12.8 Å². The molecule has 18 heavy (non-hydrogen) atoms. The Morgan fingerprint density at radius 2 is 2.06 bits per heavy atom. The van der Waals surface area contributed by atoms with Crippen LogP contribution in [0, 0.1) is 4.91 Å². The average Bonchev–Trinajstić information content (AvgIpc) is 2.30. The van der Waals surface area contributed by atoms with E-state index in [2.05, 4.69) is 5.29 Å². The molecular weight excluding hydrogens is 268 g/mol. The Morgan fingerprint density at radius 1 is 1.44 bits per heavy atom. The molecule has 0 aliphatic carbocycles. The molecule has 0 aromatic heterocycles. The van der Waals surface area contributed by atoms with E-state index in [1.165, 1.54) is 0 Å². The standard InChI is InChI=1S/C8H13ClN4O5/c9-3-4-13(12-18)8(17)11-5(7(15)16)1-2-6(10)14/h5H,1-4H2,(H2,10,14)(H,11,17)(H,15,16). The van der Waals surface area contributed by atoms with Gasteiger partial charge in [0.25, 0.3) is 0 Å². The fraction of sp³-hybridized carbons (Fsp3) is 0.625. The van der Waals surface area contributed by atoms with Crippen LogP contribution in [-0.2, 0) is 9.59 Å². The van der Waals surface area contributed by atoms with Gasteiger partial charge in [-0.3, -0.25) is 4.79 Å². The average molecular weight is 281 g/mol. The number of halogens is 1. The first kappa shape index (κ1) is 16.1. The maximum absolute atomic E-state index is 11.4. The Bertz CT molecular complexity index is 337. The molecule has 4 N–H and O–H groups in total. The molecule has 9 nitrogen and oxygen atoms in total. The second-order valence-corrected chi connectivity index (χ2v) is 3.62. The first-order chi connectivity index (χ1) is 8.42. The van der Waals surface area contributed by atoms with Crippen molar-refractivity contribution in [1.29, 1.82) is 0 Å². The van der Waals surface area contributed by atoms with Crippen molar-refractivity contribution in [3.63, 3.8) is 0 Å². The van der Waals surface area contributed by atoms with Crippen LogP contribution in [0.4, 0.5) is 4.79 Å². The molecule has 0 aliphatic heterocycles. The number of rotatable bonds is 8. The third-order valence-electron chi connectivity index (χ3n) is 1.90. The number of carbonyl (C=O) groups excluding carboxylic acids is 2. The zero-order valence-electron chi connectivity index (χ0n) is 9.34. The van der Waals surface area contributed by atoms with Gasteiger partial charge in [-0.25, -0.2) is 9.59 Å². The minimum absolute atomic E-state index is 0.0296. The number of hydrogen-bond acceptors (Lipinski definition) is 5. The van der Waals surface area contributed by atoms with E-state index < -0.39 is 23.9 Å². The summed E-state index contributed by atoms with van der Waals surface area (Å²) < 4.78 is 0. The summed E-state index contributed by atoms with van der Waals surface area (Å²) in [5, 5.41) is 13.7. The number of alkyl halides is 1. The van der Waals surface area contributed by atoms with Crippen molar-refractivity contribution >= 4 is 29.5 Å². The van der Waals surface area contributed by atoms with Gasteiger partial charge in [0.1, 0.15) is 6.04 Å². The Hall–Kier alpha value is -1.90. The van der Waals surface area contributed by atoms with Crippen LogP contribution in [0.2, 0.25) is 0 Å². The van der Waals surface area contributed by atoms with Crippen molar-refractivity contribution in [3.8, 4) is 0 Å². The molecule has 10 heteroatoms. The predicted octanol–water partition coefficient (Wildman–Crippen LogP) is -0.363. The summed E-state index contributed by atoms with van der Waals surface area (Å²) in [4.78, 5) is 43.0. The van der Waals surface area contributed by atoms with Gasteiger partial charge in [-0.05, 0) is 6.42 Å². The summed E-state index contributed by atoms with van der Waals surface area (Å²) in [5.74, 6) is -2.07. The number of amides is 3. The van der Waals surface area contributed by atoms with Crippen molar-refractivity contribution < 1.29 is 19.5 Å². The Morgan fingerprint density at radius 3 is 2.44 bits per heavy atom. The van der Waals surface area contributed by atoms with Crippen LogP contribution in [0.5, 0.6) is 0 Å². The lowest BCUT2D eigenvalue weighted by Crippen LogP contribution is -2.47. The molecule has 0 aliphatic rings. The number of nitrogens with zero attached hydrogens (tertiary/aromatic N) is 2. The van der Waals surface area contributed by atoms with Gasteiger partial charge in [0.2, 0.25) is 5.91 Å². The molecule has 0 fully saturated rings. The zero-order chi connectivity index (χ0) is 14.1. The minimum atomic E-state index is -1.35. The summed E-state index contributed by atoms with van der Waals surface area (Å²) in [5.41, 5.74) is 4.86. The molecule has 0 radical (unpaired) electrons. The van der Waals surface area contributed by atoms with E-state index in [0.29, 0.717) is 5.01 Å². The molecule has 3 amide bonds. The predicted molar refractivity (Wildman–Crippen MR) is 61.6 cm³/mol. The van der Waals surface area contributed by atoms with E-state index in [1.54, 1.807) is 0 Å². The zero-order valence-corrected chi connectivity index (χ0v) is 10.1. The van der Waals surface area contributed by atoms with E-state index in [9.17, 15) is 19.3 Å². The number of urea groups is 1. The van der Waals surface area contributed by atoms with Crippen LogP contribution >= 0.6 is 11.6 Å². The smallest absolute Gasteiger partial charge is 0.341 e. The van der Waals surface area contributed by atoms with Crippen molar-refractivity contribution in [2.75, 3.05) is 12.4 Å². The van der Waals surface area contributed by atoms with E-state index in [1.807, 2.05) is 5.32 Å². The topological polar surface area (TPSA) is 142 Å². The van der Waals surface area contributed by atoms with Gasteiger partial charge >= 0.3 is 12.0 Å². The van der Waals surface area contributed by atoms with Crippen molar-refractivity contribution in [2.24, 2.45) is 11.0 Å². The quantitative estimate of drug-likeness (QED) is 0.316. The fourth-order valence-corrected chi connectivity index (χ4v) is 1.19. The van der Waals surface area contributed by atoms with Crippen LogP contribution in [0.25, 0.3) is 0 Å². The monoisotopic (exact) mass is 280 g/mol. The molecule has 1 unspecified atom stereocenters. The highest BCUT2D eigenvalue weighted by Gasteiger charge is 2.23. The summed E-state index contributed by atoms with van der Waals surface area (Å²) in [7, 11) is 0. The normalized spacial score (nSPS) is 11.4. The molecule has 0 rings (SSSR count). The second kappa shape index (κ2) is 8.23. The van der Waals surface area contributed by atoms with Gasteiger partial charge in [0.05, 0.1) is 11.8 Å². The molecule has 102 valence electrons. The first-order valence-corrected chi connectivity index (χ1v) is 5.44. The number of aliphatic carboxylic acids is 1. The third-order valence-corrected chi connectivity index (χ3v) is 2.07. The molecule has 0 aromatic rings. The highest BCUT2D eigenvalue weighted by atomic mass is 35.5. The largest absolute Gasteiger partial charge is 0.480 e. The Labute approximate surface area is 107 Å². The van der Waals surface area contributed by atoms with E-state index in [0.717, 1.165) is 0 Å². The molecule has 0 heterocycles. The number of carbonyl (C=O) groups is 3. The van der Waals surface area contributed by atoms with Crippen molar-refractivity contribution in [3.05, 3.63) is 4.91 Å². The van der Waals surface area contributed by atoms with Gasteiger partial charge in [-0.2, -0.15) is 5.01 Å². The summed E-state index contributed by atoms with van der Waals surface area (Å²) >= 11 is 5.32. The van der Waals surface area contributed by atoms with Crippen LogP contribution in [0.3, 0.4) is 0 Å². The van der Waals surface area contributed by atoms with Crippen LogP contribution < -0.4 is 11.1 Å². The molecule has 0 spiro atoms. The Kier molecular flexibility index (Phi) is 7.36. The van der Waals surface area contributed by atoms with E-state index in [-0.39, 0.29) is 25.3 Å². The highest BCUT2D eigenvalue weighted by molar-refractivity contribution is 6.18. The van der Waals surface area contributed by atoms with Crippen LogP contribution in [-0.4, -0.2) is 46.5 Å². The first-order valence-electron chi connectivity index (χ1n) is 4.90. The van der Waals surface area contributed by atoms with Gasteiger partial charge in [0, 0.05) is 12.3 Å². The number of primary amides is 1. The molecule has 1 atom stereocenters. The summed E-state index contributed by atoms with van der Waals surface area (Å²) in [6.45, 7) is -0.154. The van der Waals surface area contributed by atoms with Crippen molar-refractivity contribution in [2.45, 2.75) is 18.9 Å². The summed E-state index contributed by atoms with van der Waals surface area (Å²) in [6, 6.07) is -2.33. The SMILES string of the molecule is NC(=O)CCC(NC(=O)N(CCCl)N=O)C(=O)O. The number of hydrogen-bond donors (Lipinski definition) is 3. The maximum atomic E-state index is 11.4. The van der Waals surface area contributed by atoms with Gasteiger partial charge in [0.15, 0.2) is 0 Å². The molecule has 0 saturated carbocycles. The maximum Gasteiger partial charge on any atom is 0.341 e. The number of nitrogens with two attached hydrogens (primary N) is 1. The van der Waals surface area contributed by atoms with E-state index in [4.69, 9.17) is 22.4 Å². The van der Waals surface area contributed by atoms with Crippen LogP contribution in [0.15, 0.2) is 5.29 Å². The minimum Gasteiger partial charge on any atom is -0.480 e. The number of carboxylic acids is 1. The number of nitroso groups, excluding NO2 is 1. The lowest BCUT2D eigenvalue weighted by molar-refractivity contribution is -0.139. The van der Waals surface area contributed by atoms with Crippen molar-refractivity contribution in [1.82, 2.24) is 10.3 Å².